The number of hydrogen-bond donors (Lipinski definition) is 4. The molecule has 2 aromatic heterocycles. The number of pyridine rings is 1. The fourth-order valence-corrected chi connectivity index (χ4v) is 6.28. The van der Waals surface area contributed by atoms with Gasteiger partial charge in [0.2, 0.25) is 11.8 Å². The molecule has 1 spiro atoms. The van der Waals surface area contributed by atoms with E-state index in [1.165, 1.54) is 0 Å². The number of piperazine rings is 1. The number of aromatic nitrogens is 2. The molecule has 1 saturated heterocycles. The molecule has 5 N–H and O–H groups in total. The molecule has 1 aromatic carbocycles. The average molecular weight is 465 g/mol. The second-order valence-corrected chi connectivity index (χ2v) is 9.69. The minimum absolute atomic E-state index is 0.0559. The number of nitrogens with one attached hydrogen (secondary N) is 3. The summed E-state index contributed by atoms with van der Waals surface area (Å²) in [6, 6.07) is 5.97. The lowest BCUT2D eigenvalue weighted by molar-refractivity contribution is -0.121. The van der Waals surface area contributed by atoms with Crippen LogP contribution in [0, 0.1) is 5.92 Å². The molecule has 0 unspecified atom stereocenters. The first-order valence-electron chi connectivity index (χ1n) is 11.3. The predicted octanol–water partition coefficient (Wildman–Crippen LogP) is 2.77. The molecule has 4 heterocycles. The number of amides is 2. The van der Waals surface area contributed by atoms with E-state index in [0.717, 1.165) is 58.5 Å². The number of carbonyl (C=O) groups is 2. The maximum absolute atomic E-state index is 12.5. The maximum Gasteiger partial charge on any atom is 0.241 e. The third-order valence-electron chi connectivity index (χ3n) is 7.51. The number of carbonyl (C=O) groups excluding carboxylic acids is 2. The summed E-state index contributed by atoms with van der Waals surface area (Å²) in [5.74, 6) is 0.470. The van der Waals surface area contributed by atoms with Crippen molar-refractivity contribution in [3.05, 3.63) is 41.2 Å². The number of nitrogens with two attached hydrogens (primary N) is 1. The van der Waals surface area contributed by atoms with Crippen LogP contribution < -0.4 is 21.3 Å². The van der Waals surface area contributed by atoms with Crippen LogP contribution in [0.25, 0.3) is 22.0 Å². The normalized spacial score (nSPS) is 24.5. The number of halogens is 1. The van der Waals surface area contributed by atoms with E-state index < -0.39 is 0 Å². The SMILES string of the molecule is NC(=O)[C@@H]1CC[C@@]2(CNc3ncc(-c4c[nH]c5c(N6CCNCC6=O)cccc45)c(Cl)c32)C1. The van der Waals surface area contributed by atoms with Gasteiger partial charge in [-0.3, -0.25) is 9.59 Å². The highest BCUT2D eigenvalue weighted by Crippen LogP contribution is 2.53. The molecule has 8 nitrogen and oxygen atoms in total. The van der Waals surface area contributed by atoms with Crippen LogP contribution >= 0.6 is 11.6 Å². The topological polar surface area (TPSA) is 116 Å². The van der Waals surface area contributed by atoms with Gasteiger partial charge in [0.15, 0.2) is 0 Å². The summed E-state index contributed by atoms with van der Waals surface area (Å²) in [7, 11) is 0. The number of rotatable bonds is 3. The van der Waals surface area contributed by atoms with Gasteiger partial charge in [-0.25, -0.2) is 4.98 Å². The Morgan fingerprint density at radius 1 is 1.30 bits per heavy atom. The van der Waals surface area contributed by atoms with E-state index in [0.29, 0.717) is 31.1 Å². The molecule has 2 amide bonds. The van der Waals surface area contributed by atoms with Gasteiger partial charge in [-0.1, -0.05) is 23.7 Å². The number of fused-ring (bicyclic) bond motifs is 3. The summed E-state index contributed by atoms with van der Waals surface area (Å²) < 4.78 is 0. The van der Waals surface area contributed by atoms with Crippen LogP contribution in [-0.4, -0.2) is 48.0 Å². The molecule has 2 fully saturated rings. The van der Waals surface area contributed by atoms with E-state index in [1.807, 2.05) is 29.3 Å². The minimum atomic E-state index is -0.243. The Morgan fingerprint density at radius 2 is 2.18 bits per heavy atom. The zero-order chi connectivity index (χ0) is 22.7. The van der Waals surface area contributed by atoms with Crippen molar-refractivity contribution < 1.29 is 9.59 Å². The number of primary amides is 1. The lowest BCUT2D eigenvalue weighted by atomic mass is 9.80. The molecule has 1 saturated carbocycles. The van der Waals surface area contributed by atoms with Crippen molar-refractivity contribution in [3.8, 4) is 11.1 Å². The number of para-hydroxylation sites is 1. The number of H-pyrrole nitrogens is 1. The summed E-state index contributed by atoms with van der Waals surface area (Å²) in [6.45, 7) is 2.44. The third kappa shape index (κ3) is 3.04. The van der Waals surface area contributed by atoms with E-state index in [2.05, 4.69) is 15.6 Å². The van der Waals surface area contributed by atoms with Gasteiger partial charge in [0.05, 0.1) is 22.8 Å². The van der Waals surface area contributed by atoms with Gasteiger partial charge >= 0.3 is 0 Å². The second kappa shape index (κ2) is 7.46. The summed E-state index contributed by atoms with van der Waals surface area (Å²) in [6.07, 6.45) is 6.06. The van der Waals surface area contributed by atoms with E-state index in [4.69, 9.17) is 22.3 Å². The zero-order valence-electron chi connectivity index (χ0n) is 18.1. The van der Waals surface area contributed by atoms with Gasteiger partial charge in [0.1, 0.15) is 5.82 Å². The van der Waals surface area contributed by atoms with Crippen molar-refractivity contribution in [3.63, 3.8) is 0 Å². The molecule has 170 valence electrons. The van der Waals surface area contributed by atoms with Crippen LogP contribution in [0.5, 0.6) is 0 Å². The van der Waals surface area contributed by atoms with E-state index >= 15 is 0 Å². The Morgan fingerprint density at radius 3 is 2.97 bits per heavy atom. The van der Waals surface area contributed by atoms with E-state index in [1.54, 1.807) is 6.20 Å². The predicted molar refractivity (Wildman–Crippen MR) is 128 cm³/mol. The Bertz CT molecular complexity index is 1300. The Kier molecular flexibility index (Phi) is 4.64. The van der Waals surface area contributed by atoms with Crippen molar-refractivity contribution in [1.82, 2.24) is 15.3 Å². The standard InChI is InChI=1S/C24H25ClN6O2/c25-20-16(10-29-23-19(20)24(12-30-23)5-4-13(8-24)22(26)33)15-9-28-21-14(15)2-1-3-17(21)31-7-6-27-11-18(31)32/h1-3,9-10,13,27-28H,4-8,11-12H2,(H2,26,33)(H,29,30)/t13-,24+/m1/s1. The molecule has 3 aliphatic rings. The van der Waals surface area contributed by atoms with Crippen LogP contribution in [0.4, 0.5) is 11.5 Å². The van der Waals surface area contributed by atoms with Crippen molar-refractivity contribution in [2.24, 2.45) is 11.7 Å². The fraction of sp³-hybridized carbons (Fsp3) is 0.375. The van der Waals surface area contributed by atoms with Crippen molar-refractivity contribution in [1.29, 1.82) is 0 Å². The van der Waals surface area contributed by atoms with Crippen molar-refractivity contribution in [2.45, 2.75) is 24.7 Å². The average Bonchev–Trinajstić information content (AvgIpc) is 3.53. The van der Waals surface area contributed by atoms with E-state index in [-0.39, 0.29) is 23.1 Å². The highest BCUT2D eigenvalue weighted by molar-refractivity contribution is 6.35. The molecule has 1 aliphatic carbocycles. The van der Waals surface area contributed by atoms with Crippen LogP contribution in [0.2, 0.25) is 5.02 Å². The number of nitrogens with zero attached hydrogens (tertiary/aromatic N) is 2. The summed E-state index contributed by atoms with van der Waals surface area (Å²) in [5, 5.41) is 8.17. The molecule has 6 rings (SSSR count). The van der Waals surface area contributed by atoms with Crippen molar-refractivity contribution in [2.75, 3.05) is 36.4 Å². The first-order chi connectivity index (χ1) is 16.0. The monoisotopic (exact) mass is 464 g/mol. The smallest absolute Gasteiger partial charge is 0.241 e. The largest absolute Gasteiger partial charge is 0.369 e. The molecular weight excluding hydrogens is 440 g/mol. The van der Waals surface area contributed by atoms with Gasteiger partial charge in [-0.2, -0.15) is 0 Å². The Hall–Kier alpha value is -3.10. The molecule has 33 heavy (non-hydrogen) atoms. The maximum atomic E-state index is 12.5. The van der Waals surface area contributed by atoms with Crippen molar-refractivity contribution >= 4 is 45.8 Å². The van der Waals surface area contributed by atoms with Gasteiger partial charge in [-0.15, -0.1) is 0 Å². The highest BCUT2D eigenvalue weighted by atomic mass is 35.5. The quantitative estimate of drug-likeness (QED) is 0.475. The Labute approximate surface area is 195 Å². The summed E-state index contributed by atoms with van der Waals surface area (Å²) in [5.41, 5.74) is 9.95. The fourth-order valence-electron chi connectivity index (χ4n) is 5.84. The molecule has 0 bridgehead atoms. The Balaban J connectivity index is 1.45. The molecule has 2 aliphatic heterocycles. The number of aromatic amines is 1. The third-order valence-corrected chi connectivity index (χ3v) is 7.91. The van der Waals surface area contributed by atoms with Crippen LogP contribution in [0.15, 0.2) is 30.6 Å². The lowest BCUT2D eigenvalue weighted by Gasteiger charge is -2.27. The molecule has 2 atom stereocenters. The second-order valence-electron chi connectivity index (χ2n) is 9.31. The van der Waals surface area contributed by atoms with Gasteiger partial charge < -0.3 is 26.3 Å². The van der Waals surface area contributed by atoms with Gasteiger partial charge in [-0.05, 0) is 25.3 Å². The highest BCUT2D eigenvalue weighted by Gasteiger charge is 2.48. The van der Waals surface area contributed by atoms with E-state index in [9.17, 15) is 9.59 Å². The number of benzene rings is 1. The van der Waals surface area contributed by atoms with Gasteiger partial charge in [0.25, 0.3) is 0 Å². The van der Waals surface area contributed by atoms with Crippen LogP contribution in [-0.2, 0) is 15.0 Å². The first-order valence-corrected chi connectivity index (χ1v) is 11.7. The summed E-state index contributed by atoms with van der Waals surface area (Å²) >= 11 is 7.07. The van der Waals surface area contributed by atoms with Crippen LogP contribution in [0.1, 0.15) is 24.8 Å². The molecule has 3 aromatic rings. The van der Waals surface area contributed by atoms with Gasteiger partial charge in [0, 0.05) is 65.4 Å². The molecule has 9 heteroatoms. The molecule has 0 radical (unpaired) electrons. The first kappa shape index (κ1) is 20.5. The van der Waals surface area contributed by atoms with Crippen LogP contribution in [0.3, 0.4) is 0 Å². The summed E-state index contributed by atoms with van der Waals surface area (Å²) in [4.78, 5) is 34.2. The number of hydrogen-bond acceptors (Lipinski definition) is 5. The number of anilines is 2. The lowest BCUT2D eigenvalue weighted by Crippen LogP contribution is -2.48. The minimum Gasteiger partial charge on any atom is -0.369 e. The molecular formula is C24H25ClN6O2. The zero-order valence-corrected chi connectivity index (χ0v) is 18.8.